The number of hydrogen-bond acceptors (Lipinski definition) is 3. The van der Waals surface area contributed by atoms with Crippen molar-refractivity contribution in [3.63, 3.8) is 0 Å². The molecule has 20 heavy (non-hydrogen) atoms. The number of pyridine rings is 1. The van der Waals surface area contributed by atoms with Gasteiger partial charge in [0.25, 0.3) is 0 Å². The van der Waals surface area contributed by atoms with Crippen molar-refractivity contribution >= 4 is 28.2 Å². The minimum atomic E-state index is 0.196. The van der Waals surface area contributed by atoms with Gasteiger partial charge >= 0.3 is 0 Å². The van der Waals surface area contributed by atoms with Gasteiger partial charge in [0.1, 0.15) is 5.75 Å². The smallest absolute Gasteiger partial charge is 0.115 e. The van der Waals surface area contributed by atoms with E-state index < -0.39 is 0 Å². The normalized spacial score (nSPS) is 11.9. The third-order valence-electron chi connectivity index (χ3n) is 2.96. The Morgan fingerprint density at radius 2 is 1.75 bits per heavy atom. The molecule has 3 aromatic rings. The molecule has 4 nitrogen and oxygen atoms in total. The number of aromatic nitrogens is 1. The fourth-order valence-corrected chi connectivity index (χ4v) is 2.15. The third-order valence-corrected chi connectivity index (χ3v) is 3.19. The molecule has 1 heterocycles. The Kier molecular flexibility index (Phi) is 3.08. The Bertz CT molecular complexity index is 839. The van der Waals surface area contributed by atoms with Gasteiger partial charge in [-0.2, -0.15) is 4.73 Å². The van der Waals surface area contributed by atoms with Crippen LogP contribution in [-0.4, -0.2) is 15.0 Å². The molecule has 0 aliphatic carbocycles. The molecule has 100 valence electrons. The lowest BCUT2D eigenvalue weighted by molar-refractivity contribution is 0.198. The molecule has 2 aromatic carbocycles. The first-order valence-electron chi connectivity index (χ1n) is 5.97. The predicted octanol–water partition coefficient (Wildman–Crippen LogP) is 3.47. The number of halogens is 1. The van der Waals surface area contributed by atoms with Crippen LogP contribution in [0.3, 0.4) is 0 Å². The molecular formula is C15H11ClN2O2. The van der Waals surface area contributed by atoms with E-state index in [1.54, 1.807) is 42.5 Å². The molecule has 0 saturated carbocycles. The number of aromatic hydroxyl groups is 1. The first-order chi connectivity index (χ1) is 9.63. The molecule has 3 rings (SSSR count). The van der Waals surface area contributed by atoms with E-state index in [2.05, 4.69) is 4.99 Å². The number of nitrogens with zero attached hydrogens (tertiary/aromatic N) is 2. The molecule has 0 saturated heterocycles. The standard InChI is InChI=1S/C15H11ClN2O2/c16-10-1-6-13-14(7-8-18(20)15(13)9-10)17-11-2-4-12(19)5-3-11/h1-9,19-20H. The van der Waals surface area contributed by atoms with Gasteiger partial charge in [0.15, 0.2) is 0 Å². The number of benzene rings is 2. The van der Waals surface area contributed by atoms with Crippen molar-refractivity contribution in [3.8, 4) is 5.75 Å². The Morgan fingerprint density at radius 1 is 1.00 bits per heavy atom. The van der Waals surface area contributed by atoms with Crippen molar-refractivity contribution in [2.75, 3.05) is 0 Å². The van der Waals surface area contributed by atoms with Crippen LogP contribution in [0.5, 0.6) is 5.75 Å². The molecule has 0 aliphatic rings. The lowest BCUT2D eigenvalue weighted by atomic mass is 10.2. The molecule has 0 fully saturated rings. The third kappa shape index (κ3) is 2.33. The Balaban J connectivity index is 2.26. The van der Waals surface area contributed by atoms with Crippen molar-refractivity contribution < 1.29 is 10.3 Å². The SMILES string of the molecule is Oc1ccc(N=c2ccn(O)c3cc(Cl)ccc23)cc1. The highest BCUT2D eigenvalue weighted by Crippen LogP contribution is 2.18. The second kappa shape index (κ2) is 4.90. The summed E-state index contributed by atoms with van der Waals surface area (Å²) >= 11 is 5.94. The van der Waals surface area contributed by atoms with E-state index in [0.717, 1.165) is 15.8 Å². The van der Waals surface area contributed by atoms with Crippen LogP contribution in [0.15, 0.2) is 59.7 Å². The quantitative estimate of drug-likeness (QED) is 0.673. The highest BCUT2D eigenvalue weighted by atomic mass is 35.5. The van der Waals surface area contributed by atoms with E-state index in [0.29, 0.717) is 15.9 Å². The number of fused-ring (bicyclic) bond motifs is 1. The fourth-order valence-electron chi connectivity index (χ4n) is 1.99. The molecular weight excluding hydrogens is 276 g/mol. The van der Waals surface area contributed by atoms with Crippen molar-refractivity contribution in [1.29, 1.82) is 0 Å². The van der Waals surface area contributed by atoms with Gasteiger partial charge in [-0.25, -0.2) is 4.99 Å². The summed E-state index contributed by atoms with van der Waals surface area (Å²) in [6, 6.07) is 13.5. The Hall–Kier alpha value is -2.46. The van der Waals surface area contributed by atoms with Crippen LogP contribution < -0.4 is 5.36 Å². The van der Waals surface area contributed by atoms with Crippen LogP contribution in [0.4, 0.5) is 5.69 Å². The van der Waals surface area contributed by atoms with Crippen molar-refractivity contribution in [2.24, 2.45) is 4.99 Å². The molecule has 1 aromatic heterocycles. The fraction of sp³-hybridized carbons (Fsp3) is 0. The van der Waals surface area contributed by atoms with Crippen molar-refractivity contribution in [2.45, 2.75) is 0 Å². The summed E-state index contributed by atoms with van der Waals surface area (Å²) < 4.78 is 1.01. The van der Waals surface area contributed by atoms with Crippen LogP contribution >= 0.6 is 11.6 Å². The van der Waals surface area contributed by atoms with Crippen molar-refractivity contribution in [3.05, 3.63) is 65.1 Å². The van der Waals surface area contributed by atoms with E-state index in [4.69, 9.17) is 11.6 Å². The summed E-state index contributed by atoms with van der Waals surface area (Å²) in [7, 11) is 0. The van der Waals surface area contributed by atoms with Crippen LogP contribution in [0.25, 0.3) is 10.9 Å². The minimum Gasteiger partial charge on any atom is -0.508 e. The maximum absolute atomic E-state index is 9.81. The van der Waals surface area contributed by atoms with Gasteiger partial charge in [-0.1, -0.05) is 11.6 Å². The van der Waals surface area contributed by atoms with E-state index in [1.165, 1.54) is 6.20 Å². The zero-order chi connectivity index (χ0) is 14.1. The molecule has 0 atom stereocenters. The zero-order valence-electron chi connectivity index (χ0n) is 10.4. The van der Waals surface area contributed by atoms with Gasteiger partial charge < -0.3 is 10.3 Å². The molecule has 0 unspecified atom stereocenters. The lowest BCUT2D eigenvalue weighted by Crippen LogP contribution is -2.07. The van der Waals surface area contributed by atoms with Gasteiger partial charge in [-0.15, -0.1) is 0 Å². The minimum absolute atomic E-state index is 0.196. The van der Waals surface area contributed by atoms with Crippen LogP contribution in [0.2, 0.25) is 5.02 Å². The Labute approximate surface area is 119 Å². The van der Waals surface area contributed by atoms with Gasteiger partial charge in [0.2, 0.25) is 0 Å². The number of phenols is 1. The monoisotopic (exact) mass is 286 g/mol. The molecule has 0 radical (unpaired) electrons. The van der Waals surface area contributed by atoms with Gasteiger partial charge in [0.05, 0.1) is 16.6 Å². The second-order valence-electron chi connectivity index (χ2n) is 4.34. The maximum atomic E-state index is 9.81. The number of phenolic OH excluding ortho intramolecular Hbond substituents is 1. The van der Waals surface area contributed by atoms with Crippen LogP contribution in [0.1, 0.15) is 0 Å². The first kappa shape index (κ1) is 12.6. The van der Waals surface area contributed by atoms with E-state index in [9.17, 15) is 10.3 Å². The average molecular weight is 287 g/mol. The lowest BCUT2D eigenvalue weighted by Gasteiger charge is -2.05. The number of rotatable bonds is 1. The van der Waals surface area contributed by atoms with Gasteiger partial charge in [-0.05, 0) is 48.5 Å². The summed E-state index contributed by atoms with van der Waals surface area (Å²) in [5, 5.41) is 21.1. The molecule has 0 aliphatic heterocycles. The van der Waals surface area contributed by atoms with Gasteiger partial charge in [0, 0.05) is 16.6 Å². The average Bonchev–Trinajstić information content (AvgIpc) is 2.44. The number of hydrogen-bond donors (Lipinski definition) is 2. The topological polar surface area (TPSA) is 57.8 Å². The highest BCUT2D eigenvalue weighted by Gasteiger charge is 2.02. The summed E-state index contributed by atoms with van der Waals surface area (Å²) in [5.41, 5.74) is 1.30. The summed E-state index contributed by atoms with van der Waals surface area (Å²) in [4.78, 5) is 4.50. The first-order valence-corrected chi connectivity index (χ1v) is 6.35. The summed E-state index contributed by atoms with van der Waals surface area (Å²) in [6.45, 7) is 0. The maximum Gasteiger partial charge on any atom is 0.115 e. The Morgan fingerprint density at radius 3 is 2.50 bits per heavy atom. The van der Waals surface area contributed by atoms with Crippen molar-refractivity contribution in [1.82, 2.24) is 4.73 Å². The van der Waals surface area contributed by atoms with E-state index in [1.807, 2.05) is 6.07 Å². The molecule has 0 bridgehead atoms. The molecule has 2 N–H and O–H groups in total. The summed E-state index contributed by atoms with van der Waals surface area (Å²) in [6.07, 6.45) is 1.51. The van der Waals surface area contributed by atoms with E-state index in [-0.39, 0.29) is 5.75 Å². The predicted molar refractivity (Wildman–Crippen MR) is 77.5 cm³/mol. The molecule has 0 spiro atoms. The largest absolute Gasteiger partial charge is 0.508 e. The second-order valence-corrected chi connectivity index (χ2v) is 4.77. The van der Waals surface area contributed by atoms with Crippen LogP contribution in [0, 0.1) is 0 Å². The zero-order valence-corrected chi connectivity index (χ0v) is 11.1. The highest BCUT2D eigenvalue weighted by molar-refractivity contribution is 6.31. The van der Waals surface area contributed by atoms with E-state index >= 15 is 0 Å². The summed E-state index contributed by atoms with van der Waals surface area (Å²) in [5.74, 6) is 0.196. The molecule has 5 heteroatoms. The molecule has 0 amide bonds. The van der Waals surface area contributed by atoms with Gasteiger partial charge in [-0.3, -0.25) is 0 Å². The van der Waals surface area contributed by atoms with Crippen LogP contribution in [-0.2, 0) is 0 Å².